The van der Waals surface area contributed by atoms with Crippen molar-refractivity contribution < 1.29 is 22.7 Å². The van der Waals surface area contributed by atoms with Gasteiger partial charge < -0.3 is 9.47 Å². The fourth-order valence-electron chi connectivity index (χ4n) is 3.28. The number of ketones is 1. The maximum absolute atomic E-state index is 13.0. The van der Waals surface area contributed by atoms with Crippen molar-refractivity contribution in [2.24, 2.45) is 0 Å². The molecule has 0 radical (unpaired) electrons. The van der Waals surface area contributed by atoms with Crippen molar-refractivity contribution in [2.45, 2.75) is 24.8 Å². The van der Waals surface area contributed by atoms with E-state index in [1.807, 2.05) is 12.1 Å². The third-order valence-corrected chi connectivity index (χ3v) is 6.60. The molecule has 0 aromatic heterocycles. The summed E-state index contributed by atoms with van der Waals surface area (Å²) < 4.78 is 38.6. The summed E-state index contributed by atoms with van der Waals surface area (Å²) in [6.45, 7) is 3.18. The first kappa shape index (κ1) is 17.1. The second-order valence-corrected chi connectivity index (χ2v) is 8.37. The molecular weight excluding hydrogens is 354 g/mol. The molecule has 0 aliphatic carbocycles. The Hall–Kier alpha value is -2.38. The van der Waals surface area contributed by atoms with Gasteiger partial charge in [0.05, 0.1) is 4.90 Å². The first-order valence-corrected chi connectivity index (χ1v) is 9.92. The van der Waals surface area contributed by atoms with E-state index < -0.39 is 10.0 Å². The number of Topliss-reactive ketones (excluding diaryl/α,β-unsaturated/α-hetero) is 1. The third kappa shape index (κ3) is 2.97. The lowest BCUT2D eigenvalue weighted by Gasteiger charge is -2.30. The summed E-state index contributed by atoms with van der Waals surface area (Å²) in [4.78, 5) is 11.6. The molecule has 26 heavy (non-hydrogen) atoms. The standard InChI is InChI=1S/C19H19NO5S/c1-13(21)14-2-4-17(5-3-14)26(22,23)20-7-6-15-10-18-19(11-16(15)12-20)25-9-8-24-18/h2-5,10-11H,6-9,12H2,1H3. The number of carbonyl (C=O) groups excluding carboxylic acids is 1. The van der Waals surface area contributed by atoms with Crippen molar-refractivity contribution in [1.29, 1.82) is 0 Å². The molecule has 0 amide bonds. The van der Waals surface area contributed by atoms with E-state index in [0.29, 0.717) is 44.0 Å². The number of ether oxygens (including phenoxy) is 2. The van der Waals surface area contributed by atoms with Crippen LogP contribution in [-0.4, -0.2) is 38.3 Å². The minimum Gasteiger partial charge on any atom is -0.486 e. The van der Waals surface area contributed by atoms with Gasteiger partial charge in [0.2, 0.25) is 10.0 Å². The summed E-state index contributed by atoms with van der Waals surface area (Å²) in [6.07, 6.45) is 0.622. The molecule has 0 bridgehead atoms. The van der Waals surface area contributed by atoms with Crippen LogP contribution in [0.15, 0.2) is 41.3 Å². The van der Waals surface area contributed by atoms with E-state index in [1.165, 1.54) is 23.4 Å². The Bertz CT molecular complexity index is 966. The van der Waals surface area contributed by atoms with Crippen LogP contribution in [0.5, 0.6) is 11.5 Å². The summed E-state index contributed by atoms with van der Waals surface area (Å²) in [6, 6.07) is 9.92. The van der Waals surface area contributed by atoms with E-state index in [0.717, 1.165) is 16.9 Å². The molecule has 2 aromatic rings. The smallest absolute Gasteiger partial charge is 0.243 e. The highest BCUT2D eigenvalue weighted by Gasteiger charge is 2.29. The molecule has 2 aliphatic rings. The van der Waals surface area contributed by atoms with E-state index in [-0.39, 0.29) is 10.7 Å². The summed E-state index contributed by atoms with van der Waals surface area (Å²) in [5.74, 6) is 1.30. The first-order valence-electron chi connectivity index (χ1n) is 8.48. The summed E-state index contributed by atoms with van der Waals surface area (Å²) in [7, 11) is -3.62. The zero-order valence-electron chi connectivity index (χ0n) is 14.4. The van der Waals surface area contributed by atoms with Crippen LogP contribution in [0, 0.1) is 0 Å². The van der Waals surface area contributed by atoms with Crippen LogP contribution in [-0.2, 0) is 23.0 Å². The predicted molar refractivity (Wildman–Crippen MR) is 95.2 cm³/mol. The maximum Gasteiger partial charge on any atom is 0.243 e. The van der Waals surface area contributed by atoms with Gasteiger partial charge in [-0.1, -0.05) is 12.1 Å². The Kier molecular flexibility index (Phi) is 4.20. The maximum atomic E-state index is 13.0. The molecule has 0 atom stereocenters. The van der Waals surface area contributed by atoms with Gasteiger partial charge in [0.1, 0.15) is 13.2 Å². The highest BCUT2D eigenvalue weighted by Crippen LogP contribution is 2.36. The Morgan fingerprint density at radius 3 is 2.23 bits per heavy atom. The average molecular weight is 373 g/mol. The zero-order chi connectivity index (χ0) is 18.3. The Morgan fingerprint density at radius 2 is 1.62 bits per heavy atom. The second-order valence-electron chi connectivity index (χ2n) is 6.43. The van der Waals surface area contributed by atoms with Crippen molar-refractivity contribution in [3.8, 4) is 11.5 Å². The molecule has 2 heterocycles. The van der Waals surface area contributed by atoms with Crippen LogP contribution in [0.2, 0.25) is 0 Å². The molecule has 0 unspecified atom stereocenters. The fourth-order valence-corrected chi connectivity index (χ4v) is 4.70. The van der Waals surface area contributed by atoms with Crippen molar-refractivity contribution in [2.75, 3.05) is 19.8 Å². The molecule has 136 valence electrons. The Morgan fingerprint density at radius 1 is 1.00 bits per heavy atom. The molecule has 0 saturated heterocycles. The molecule has 2 aliphatic heterocycles. The second kappa shape index (κ2) is 6.41. The number of fused-ring (bicyclic) bond motifs is 2. The highest BCUT2D eigenvalue weighted by molar-refractivity contribution is 7.89. The fraction of sp³-hybridized carbons (Fsp3) is 0.316. The molecule has 0 saturated carbocycles. The van der Waals surface area contributed by atoms with Crippen molar-refractivity contribution >= 4 is 15.8 Å². The van der Waals surface area contributed by atoms with E-state index in [1.54, 1.807) is 12.1 Å². The lowest BCUT2D eigenvalue weighted by atomic mass is 10.00. The average Bonchev–Trinajstić information content (AvgIpc) is 2.66. The SMILES string of the molecule is CC(=O)c1ccc(S(=O)(=O)N2CCc3cc4c(cc3C2)OCCO4)cc1. The van der Waals surface area contributed by atoms with E-state index >= 15 is 0 Å². The van der Waals surface area contributed by atoms with Gasteiger partial charge in [0.25, 0.3) is 0 Å². The van der Waals surface area contributed by atoms with Crippen molar-refractivity contribution in [3.05, 3.63) is 53.1 Å². The number of sulfonamides is 1. The minimum atomic E-state index is -3.62. The number of nitrogens with zero attached hydrogens (tertiary/aromatic N) is 1. The van der Waals surface area contributed by atoms with Gasteiger partial charge in [0.15, 0.2) is 17.3 Å². The van der Waals surface area contributed by atoms with Crippen LogP contribution >= 0.6 is 0 Å². The molecule has 6 nitrogen and oxygen atoms in total. The van der Waals surface area contributed by atoms with Crippen LogP contribution in [0.1, 0.15) is 28.4 Å². The van der Waals surface area contributed by atoms with Crippen molar-refractivity contribution in [3.63, 3.8) is 0 Å². The third-order valence-electron chi connectivity index (χ3n) is 4.74. The number of hydrogen-bond donors (Lipinski definition) is 0. The molecule has 7 heteroatoms. The highest BCUT2D eigenvalue weighted by atomic mass is 32.2. The number of hydrogen-bond acceptors (Lipinski definition) is 5. The summed E-state index contributed by atoms with van der Waals surface area (Å²) in [5.41, 5.74) is 2.52. The van der Waals surface area contributed by atoms with Gasteiger partial charge in [-0.05, 0) is 48.7 Å². The molecule has 4 rings (SSSR count). The zero-order valence-corrected chi connectivity index (χ0v) is 15.2. The normalized spacial score (nSPS) is 16.8. The Balaban J connectivity index is 1.62. The lowest BCUT2D eigenvalue weighted by molar-refractivity contribution is 0.101. The van der Waals surface area contributed by atoms with Gasteiger partial charge in [-0.3, -0.25) is 4.79 Å². The first-order chi connectivity index (χ1) is 12.4. The largest absolute Gasteiger partial charge is 0.486 e. The van der Waals surface area contributed by atoms with Gasteiger partial charge in [-0.2, -0.15) is 4.31 Å². The van der Waals surface area contributed by atoms with Gasteiger partial charge in [-0.15, -0.1) is 0 Å². The van der Waals surface area contributed by atoms with Crippen molar-refractivity contribution in [1.82, 2.24) is 4.31 Å². The van der Waals surface area contributed by atoms with Crippen LogP contribution < -0.4 is 9.47 Å². The summed E-state index contributed by atoms with van der Waals surface area (Å²) >= 11 is 0. The quantitative estimate of drug-likeness (QED) is 0.773. The molecule has 0 N–H and O–H groups in total. The molecule has 0 spiro atoms. The number of benzene rings is 2. The van der Waals surface area contributed by atoms with Gasteiger partial charge >= 0.3 is 0 Å². The topological polar surface area (TPSA) is 72.9 Å². The lowest BCUT2D eigenvalue weighted by Crippen LogP contribution is -2.36. The minimum absolute atomic E-state index is 0.0900. The monoisotopic (exact) mass is 373 g/mol. The number of rotatable bonds is 3. The predicted octanol–water partition coefficient (Wildman–Crippen LogP) is 2.41. The molecule has 2 aromatic carbocycles. The van der Waals surface area contributed by atoms with E-state index in [2.05, 4.69) is 0 Å². The Labute approximate surface area is 152 Å². The van der Waals surface area contributed by atoms with Gasteiger partial charge in [-0.25, -0.2) is 8.42 Å². The molecular formula is C19H19NO5S. The van der Waals surface area contributed by atoms with Crippen LogP contribution in [0.3, 0.4) is 0 Å². The number of carbonyl (C=O) groups is 1. The van der Waals surface area contributed by atoms with Gasteiger partial charge in [0, 0.05) is 18.7 Å². The van der Waals surface area contributed by atoms with E-state index in [4.69, 9.17) is 9.47 Å². The van der Waals surface area contributed by atoms with Crippen LogP contribution in [0.4, 0.5) is 0 Å². The van der Waals surface area contributed by atoms with E-state index in [9.17, 15) is 13.2 Å². The van der Waals surface area contributed by atoms with Crippen LogP contribution in [0.25, 0.3) is 0 Å². The summed E-state index contributed by atoms with van der Waals surface area (Å²) in [5, 5.41) is 0. The molecule has 0 fully saturated rings.